The molecule has 2 aromatic carbocycles. The lowest BCUT2D eigenvalue weighted by Gasteiger charge is -2.16. The van der Waals surface area contributed by atoms with Gasteiger partial charge in [0.25, 0.3) is 0 Å². The van der Waals surface area contributed by atoms with E-state index in [4.69, 9.17) is 0 Å². The van der Waals surface area contributed by atoms with Crippen molar-refractivity contribution in [2.24, 2.45) is 0 Å². The molecule has 2 aromatic rings. The zero-order chi connectivity index (χ0) is 20.6. The summed E-state index contributed by atoms with van der Waals surface area (Å²) in [4.78, 5) is 37.5. The molecular weight excluding hydrogens is 386 g/mol. The standard InChI is InChI=1S/C22H25N3O3S/c1-16-4-2-5-18(12-16)24-21(27)15-29-14-20(26)23-13-17-7-9-19(10-8-17)25-11-3-6-22(25)28/h2,4-5,7-10,12H,3,6,11,13-15H2,1H3,(H,23,26)(H,24,27). The number of aryl methyl sites for hydroxylation is 1. The highest BCUT2D eigenvalue weighted by molar-refractivity contribution is 8.00. The molecule has 3 amide bonds. The van der Waals surface area contributed by atoms with Crippen LogP contribution < -0.4 is 15.5 Å². The van der Waals surface area contributed by atoms with E-state index < -0.39 is 0 Å². The highest BCUT2D eigenvalue weighted by Gasteiger charge is 2.21. The highest BCUT2D eigenvalue weighted by Crippen LogP contribution is 2.21. The molecule has 3 rings (SSSR count). The number of carbonyl (C=O) groups excluding carboxylic acids is 3. The van der Waals surface area contributed by atoms with Crippen LogP contribution in [0.5, 0.6) is 0 Å². The van der Waals surface area contributed by atoms with Crippen LogP contribution in [0.1, 0.15) is 24.0 Å². The molecule has 152 valence electrons. The van der Waals surface area contributed by atoms with Crippen molar-refractivity contribution in [3.05, 3.63) is 59.7 Å². The van der Waals surface area contributed by atoms with Crippen LogP contribution in [0.4, 0.5) is 11.4 Å². The number of hydrogen-bond acceptors (Lipinski definition) is 4. The maximum absolute atomic E-state index is 12.0. The zero-order valence-corrected chi connectivity index (χ0v) is 17.3. The molecule has 1 fully saturated rings. The lowest BCUT2D eigenvalue weighted by atomic mass is 10.2. The monoisotopic (exact) mass is 411 g/mol. The molecule has 1 heterocycles. The molecule has 0 aliphatic carbocycles. The molecule has 0 spiro atoms. The second kappa shape index (κ2) is 10.1. The number of amides is 3. The van der Waals surface area contributed by atoms with Crippen molar-refractivity contribution in [1.82, 2.24) is 5.32 Å². The lowest BCUT2D eigenvalue weighted by Crippen LogP contribution is -2.26. The van der Waals surface area contributed by atoms with E-state index in [0.29, 0.717) is 13.0 Å². The summed E-state index contributed by atoms with van der Waals surface area (Å²) in [5.41, 5.74) is 3.71. The summed E-state index contributed by atoms with van der Waals surface area (Å²) >= 11 is 1.28. The summed E-state index contributed by atoms with van der Waals surface area (Å²) in [5, 5.41) is 5.68. The van der Waals surface area contributed by atoms with E-state index in [1.54, 1.807) is 4.90 Å². The molecule has 0 bridgehead atoms. The van der Waals surface area contributed by atoms with Gasteiger partial charge in [-0.3, -0.25) is 14.4 Å². The Morgan fingerprint density at radius 1 is 1.07 bits per heavy atom. The van der Waals surface area contributed by atoms with Gasteiger partial charge >= 0.3 is 0 Å². The van der Waals surface area contributed by atoms with Gasteiger partial charge in [-0.2, -0.15) is 0 Å². The second-order valence-electron chi connectivity index (χ2n) is 7.00. The fourth-order valence-corrected chi connectivity index (χ4v) is 3.77. The molecule has 2 N–H and O–H groups in total. The number of nitrogens with zero attached hydrogens (tertiary/aromatic N) is 1. The molecule has 6 nitrogen and oxygen atoms in total. The number of benzene rings is 2. The molecule has 7 heteroatoms. The maximum atomic E-state index is 12.0. The molecular formula is C22H25N3O3S. The van der Waals surface area contributed by atoms with Crippen LogP contribution in [0.2, 0.25) is 0 Å². The first kappa shape index (κ1) is 20.9. The fourth-order valence-electron chi connectivity index (χ4n) is 3.12. The zero-order valence-electron chi connectivity index (χ0n) is 16.4. The van der Waals surface area contributed by atoms with Gasteiger partial charge in [-0.05, 0) is 48.7 Å². The summed E-state index contributed by atoms with van der Waals surface area (Å²) in [6.45, 7) is 3.15. The van der Waals surface area contributed by atoms with Gasteiger partial charge in [0, 0.05) is 30.9 Å². The third-order valence-corrected chi connectivity index (χ3v) is 5.51. The molecule has 29 heavy (non-hydrogen) atoms. The molecule has 0 radical (unpaired) electrons. The van der Waals surface area contributed by atoms with Crippen molar-refractivity contribution in [2.45, 2.75) is 26.3 Å². The molecule has 0 saturated carbocycles. The minimum absolute atomic E-state index is 0.114. The van der Waals surface area contributed by atoms with Crippen molar-refractivity contribution in [3.63, 3.8) is 0 Å². The second-order valence-corrected chi connectivity index (χ2v) is 7.99. The van der Waals surface area contributed by atoms with Crippen molar-refractivity contribution in [1.29, 1.82) is 0 Å². The summed E-state index contributed by atoms with van der Waals surface area (Å²) in [6, 6.07) is 15.3. The number of carbonyl (C=O) groups is 3. The van der Waals surface area contributed by atoms with E-state index in [9.17, 15) is 14.4 Å². The summed E-state index contributed by atoms with van der Waals surface area (Å²) in [6.07, 6.45) is 1.51. The Kier molecular flexibility index (Phi) is 7.30. The molecule has 0 aromatic heterocycles. The van der Waals surface area contributed by atoms with Gasteiger partial charge in [0.05, 0.1) is 11.5 Å². The number of thioether (sulfide) groups is 1. The maximum Gasteiger partial charge on any atom is 0.234 e. The number of hydrogen-bond donors (Lipinski definition) is 2. The first-order valence-corrected chi connectivity index (χ1v) is 10.8. The van der Waals surface area contributed by atoms with Gasteiger partial charge in [-0.25, -0.2) is 0 Å². The number of rotatable bonds is 8. The van der Waals surface area contributed by atoms with E-state index >= 15 is 0 Å². The number of anilines is 2. The van der Waals surface area contributed by atoms with Gasteiger partial charge in [0.2, 0.25) is 17.7 Å². The predicted molar refractivity (Wildman–Crippen MR) is 117 cm³/mol. The highest BCUT2D eigenvalue weighted by atomic mass is 32.2. The number of nitrogens with one attached hydrogen (secondary N) is 2. The molecule has 0 atom stereocenters. The Morgan fingerprint density at radius 3 is 2.52 bits per heavy atom. The first-order valence-electron chi connectivity index (χ1n) is 9.61. The third-order valence-electron chi connectivity index (χ3n) is 4.58. The molecule has 1 saturated heterocycles. The third kappa shape index (κ3) is 6.35. The fraction of sp³-hybridized carbons (Fsp3) is 0.318. The van der Waals surface area contributed by atoms with Crippen molar-refractivity contribution in [3.8, 4) is 0 Å². The van der Waals surface area contributed by atoms with Crippen molar-refractivity contribution < 1.29 is 14.4 Å². The van der Waals surface area contributed by atoms with Crippen LogP contribution >= 0.6 is 11.8 Å². The van der Waals surface area contributed by atoms with Crippen LogP contribution in [0, 0.1) is 6.92 Å². The lowest BCUT2D eigenvalue weighted by molar-refractivity contribution is -0.119. The van der Waals surface area contributed by atoms with E-state index in [-0.39, 0.29) is 29.2 Å². The first-order chi connectivity index (χ1) is 14.0. The summed E-state index contributed by atoms with van der Waals surface area (Å²) in [5.74, 6) is 0.369. The Balaban J connectivity index is 1.35. The van der Waals surface area contributed by atoms with Gasteiger partial charge in [-0.1, -0.05) is 24.3 Å². The Morgan fingerprint density at radius 2 is 1.83 bits per heavy atom. The Labute approximate surface area is 175 Å². The van der Waals surface area contributed by atoms with E-state index in [2.05, 4.69) is 10.6 Å². The smallest absolute Gasteiger partial charge is 0.234 e. The topological polar surface area (TPSA) is 78.5 Å². The average molecular weight is 412 g/mol. The van der Waals surface area contributed by atoms with Gasteiger partial charge in [0.1, 0.15) is 0 Å². The Hall–Kier alpha value is -2.80. The average Bonchev–Trinajstić information content (AvgIpc) is 3.13. The quantitative estimate of drug-likeness (QED) is 0.700. The van der Waals surface area contributed by atoms with Gasteiger partial charge < -0.3 is 15.5 Å². The van der Waals surface area contributed by atoms with Crippen LogP contribution in [0.25, 0.3) is 0 Å². The molecule has 0 unspecified atom stereocenters. The van der Waals surface area contributed by atoms with E-state index in [1.807, 2.05) is 55.5 Å². The van der Waals surface area contributed by atoms with Crippen LogP contribution in [0.15, 0.2) is 48.5 Å². The normalized spacial score (nSPS) is 13.4. The minimum Gasteiger partial charge on any atom is -0.351 e. The molecule has 1 aliphatic heterocycles. The van der Waals surface area contributed by atoms with Gasteiger partial charge in [-0.15, -0.1) is 11.8 Å². The summed E-state index contributed by atoms with van der Waals surface area (Å²) in [7, 11) is 0. The SMILES string of the molecule is Cc1cccc(NC(=O)CSCC(=O)NCc2ccc(N3CCCC3=O)cc2)c1. The van der Waals surface area contributed by atoms with Crippen LogP contribution in [-0.4, -0.2) is 35.8 Å². The van der Waals surface area contributed by atoms with Crippen molar-refractivity contribution >= 4 is 40.9 Å². The van der Waals surface area contributed by atoms with Gasteiger partial charge in [0.15, 0.2) is 0 Å². The minimum atomic E-state index is -0.125. The summed E-state index contributed by atoms with van der Waals surface area (Å²) < 4.78 is 0. The Bertz CT molecular complexity index is 883. The molecule has 1 aliphatic rings. The van der Waals surface area contributed by atoms with Crippen LogP contribution in [0.3, 0.4) is 0 Å². The largest absolute Gasteiger partial charge is 0.351 e. The van der Waals surface area contributed by atoms with Crippen LogP contribution in [-0.2, 0) is 20.9 Å². The predicted octanol–water partition coefficient (Wildman–Crippen LogP) is 3.11. The van der Waals surface area contributed by atoms with E-state index in [0.717, 1.165) is 35.5 Å². The van der Waals surface area contributed by atoms with Crippen molar-refractivity contribution in [2.75, 3.05) is 28.3 Å². The van der Waals surface area contributed by atoms with E-state index in [1.165, 1.54) is 11.8 Å².